The van der Waals surface area contributed by atoms with Gasteiger partial charge < -0.3 is 0 Å². The predicted molar refractivity (Wildman–Crippen MR) is 179 cm³/mol. The van der Waals surface area contributed by atoms with Crippen molar-refractivity contribution < 1.29 is 0 Å². The van der Waals surface area contributed by atoms with E-state index in [0.717, 1.165) is 0 Å². The molecule has 6 rings (SSSR count). The van der Waals surface area contributed by atoms with Crippen LogP contribution in [-0.4, -0.2) is 0 Å². The number of hydrogen-bond donors (Lipinski definition) is 0. The van der Waals surface area contributed by atoms with Gasteiger partial charge >= 0.3 is 0 Å². The fraction of sp³-hybridized carbons (Fsp3) is 0.0526. The maximum absolute atomic E-state index is 2.37. The highest BCUT2D eigenvalue weighted by atomic mass is 31.1. The van der Waals surface area contributed by atoms with Crippen molar-refractivity contribution in [3.05, 3.63) is 193 Å². The summed E-state index contributed by atoms with van der Waals surface area (Å²) in [5.41, 5.74) is 3.47. The van der Waals surface area contributed by atoms with Gasteiger partial charge in [-0.2, -0.15) is 0 Å². The molecule has 40 heavy (non-hydrogen) atoms. The summed E-state index contributed by atoms with van der Waals surface area (Å²) < 4.78 is 0. The standard InChI is InChI=1S/C38H32P2/c1-7-19-31(20-8-1)37(39(33-23-11-3-12-24-33)34-25-13-4-14-26-34)38(32-21-9-2-10-22-32)40(35-27-15-5-16-28-35)36-29-17-6-18-30-36/h1-30,37-38H/p+2. The van der Waals surface area contributed by atoms with Crippen LogP contribution in [0.3, 0.4) is 0 Å². The van der Waals surface area contributed by atoms with E-state index in [1.165, 1.54) is 32.3 Å². The lowest BCUT2D eigenvalue weighted by Crippen LogP contribution is -2.26. The first-order chi connectivity index (χ1) is 19.9. The van der Waals surface area contributed by atoms with Crippen molar-refractivity contribution in [2.75, 3.05) is 0 Å². The molecule has 0 saturated carbocycles. The molecule has 2 unspecified atom stereocenters. The van der Waals surface area contributed by atoms with Crippen LogP contribution in [0.25, 0.3) is 0 Å². The summed E-state index contributed by atoms with van der Waals surface area (Å²) in [6, 6.07) is 67.8. The van der Waals surface area contributed by atoms with Crippen molar-refractivity contribution in [3.8, 4) is 0 Å². The van der Waals surface area contributed by atoms with E-state index in [1.54, 1.807) is 0 Å². The van der Waals surface area contributed by atoms with Crippen LogP contribution in [-0.2, 0) is 0 Å². The lowest BCUT2D eigenvalue weighted by atomic mass is 10.0. The molecule has 0 aliphatic carbocycles. The van der Waals surface area contributed by atoms with Crippen LogP contribution in [0, 0.1) is 0 Å². The highest BCUT2D eigenvalue weighted by Crippen LogP contribution is 2.66. The Morgan fingerprint density at radius 3 is 0.675 bits per heavy atom. The predicted octanol–water partition coefficient (Wildman–Crippen LogP) is 8.20. The Morgan fingerprint density at radius 1 is 0.250 bits per heavy atom. The lowest BCUT2D eigenvalue weighted by Gasteiger charge is -2.31. The van der Waals surface area contributed by atoms with Gasteiger partial charge in [-0.15, -0.1) is 0 Å². The molecule has 0 bridgehead atoms. The fourth-order valence-electron chi connectivity index (χ4n) is 5.89. The lowest BCUT2D eigenvalue weighted by molar-refractivity contribution is 0.890. The molecular weight excluding hydrogens is 518 g/mol. The third-order valence-electron chi connectivity index (χ3n) is 7.61. The molecule has 6 aromatic rings. The summed E-state index contributed by atoms with van der Waals surface area (Å²) in [5.74, 6) is 0. The van der Waals surface area contributed by atoms with E-state index in [4.69, 9.17) is 0 Å². The molecule has 194 valence electrons. The van der Waals surface area contributed by atoms with Gasteiger partial charge in [-0.1, -0.05) is 133 Å². The van der Waals surface area contributed by atoms with E-state index in [1.807, 2.05) is 0 Å². The third kappa shape index (κ3) is 5.85. The van der Waals surface area contributed by atoms with Crippen molar-refractivity contribution in [1.29, 1.82) is 0 Å². The van der Waals surface area contributed by atoms with Gasteiger partial charge in [-0.25, -0.2) is 0 Å². The quantitative estimate of drug-likeness (QED) is 0.159. The van der Waals surface area contributed by atoms with Crippen LogP contribution in [0.15, 0.2) is 182 Å². The topological polar surface area (TPSA) is 0 Å². The van der Waals surface area contributed by atoms with Crippen molar-refractivity contribution in [2.45, 2.75) is 11.3 Å². The Kier molecular flexibility index (Phi) is 8.60. The van der Waals surface area contributed by atoms with Crippen LogP contribution >= 0.6 is 15.8 Å². The van der Waals surface area contributed by atoms with Gasteiger partial charge in [0.1, 0.15) is 11.3 Å². The Morgan fingerprint density at radius 2 is 0.450 bits per heavy atom. The zero-order chi connectivity index (χ0) is 27.0. The summed E-state index contributed by atoms with van der Waals surface area (Å²) >= 11 is 0. The minimum Gasteiger partial charge on any atom is -0.0622 e. The molecule has 0 N–H and O–H groups in total. The molecule has 0 heterocycles. The molecule has 0 nitrogen and oxygen atoms in total. The third-order valence-corrected chi connectivity index (χ3v) is 14.3. The van der Waals surface area contributed by atoms with Gasteiger partial charge in [-0.05, 0) is 59.7 Å². The first-order valence-electron chi connectivity index (χ1n) is 14.0. The van der Waals surface area contributed by atoms with E-state index < -0.39 is 15.8 Å². The number of rotatable bonds is 9. The Bertz CT molecular complexity index is 1370. The van der Waals surface area contributed by atoms with E-state index in [0.29, 0.717) is 11.3 Å². The van der Waals surface area contributed by atoms with Gasteiger partial charge in [0.05, 0.1) is 37.1 Å². The molecule has 2 heteroatoms. The molecule has 0 fully saturated rings. The van der Waals surface area contributed by atoms with Gasteiger partial charge in [0.15, 0.2) is 0 Å². The molecule has 0 aliphatic heterocycles. The Balaban J connectivity index is 1.67. The summed E-state index contributed by atoms with van der Waals surface area (Å²) in [6.45, 7) is 0. The number of hydrogen-bond acceptors (Lipinski definition) is 0. The van der Waals surface area contributed by atoms with E-state index in [2.05, 4.69) is 182 Å². The molecule has 6 aromatic carbocycles. The molecule has 0 aliphatic rings. The molecule has 0 amide bonds. The van der Waals surface area contributed by atoms with Gasteiger partial charge in [0, 0.05) is 0 Å². The zero-order valence-corrected chi connectivity index (χ0v) is 24.5. The van der Waals surface area contributed by atoms with Crippen molar-refractivity contribution in [1.82, 2.24) is 0 Å². The zero-order valence-electron chi connectivity index (χ0n) is 22.5. The van der Waals surface area contributed by atoms with E-state index >= 15 is 0 Å². The second kappa shape index (κ2) is 13.0. The number of benzene rings is 6. The van der Waals surface area contributed by atoms with Crippen LogP contribution in [0.4, 0.5) is 0 Å². The van der Waals surface area contributed by atoms with Crippen LogP contribution < -0.4 is 21.2 Å². The summed E-state index contributed by atoms with van der Waals surface area (Å²) in [7, 11) is -2.54. The second-order valence-corrected chi connectivity index (χ2v) is 15.3. The highest BCUT2D eigenvalue weighted by Gasteiger charge is 2.49. The fourth-order valence-corrected chi connectivity index (χ4v) is 13.3. The van der Waals surface area contributed by atoms with Crippen molar-refractivity contribution in [3.63, 3.8) is 0 Å². The minimum atomic E-state index is -1.27. The molecule has 0 saturated heterocycles. The normalized spacial score (nSPS) is 12.8. The van der Waals surface area contributed by atoms with E-state index in [9.17, 15) is 0 Å². The molecular formula is C38H34P2+2. The van der Waals surface area contributed by atoms with Crippen molar-refractivity contribution in [2.24, 2.45) is 0 Å². The largest absolute Gasteiger partial charge is 0.143 e. The Hall–Kier alpha value is -3.82. The summed E-state index contributed by atoms with van der Waals surface area (Å²) in [5, 5.41) is 5.82. The average molecular weight is 553 g/mol. The molecule has 0 aromatic heterocycles. The first-order valence-corrected chi connectivity index (χ1v) is 17.1. The summed E-state index contributed by atoms with van der Waals surface area (Å²) in [4.78, 5) is 0. The monoisotopic (exact) mass is 552 g/mol. The van der Waals surface area contributed by atoms with Crippen molar-refractivity contribution >= 4 is 37.1 Å². The molecule has 0 radical (unpaired) electrons. The second-order valence-electron chi connectivity index (χ2n) is 10.1. The van der Waals surface area contributed by atoms with Gasteiger partial charge in [-0.3, -0.25) is 0 Å². The van der Waals surface area contributed by atoms with Gasteiger partial charge in [0.25, 0.3) is 0 Å². The smallest absolute Gasteiger partial charge is 0.0622 e. The maximum Gasteiger partial charge on any atom is 0.143 e. The average Bonchev–Trinajstić information content (AvgIpc) is 3.05. The first kappa shape index (κ1) is 26.4. The van der Waals surface area contributed by atoms with E-state index in [-0.39, 0.29) is 0 Å². The Labute approximate surface area is 240 Å². The molecule has 2 atom stereocenters. The van der Waals surface area contributed by atoms with Gasteiger partial charge in [0.2, 0.25) is 0 Å². The SMILES string of the molecule is c1ccc(C(C(c2ccccc2)[PH+](c2ccccc2)c2ccccc2)[PH+](c2ccccc2)c2ccccc2)cc1. The highest BCUT2D eigenvalue weighted by molar-refractivity contribution is 7.77. The van der Waals surface area contributed by atoms with Crippen LogP contribution in [0.2, 0.25) is 0 Å². The molecule has 0 spiro atoms. The minimum absolute atomic E-state index is 0.313. The van der Waals surface area contributed by atoms with Crippen LogP contribution in [0.5, 0.6) is 0 Å². The van der Waals surface area contributed by atoms with Crippen LogP contribution in [0.1, 0.15) is 22.4 Å². The summed E-state index contributed by atoms with van der Waals surface area (Å²) in [6.07, 6.45) is 0. The maximum atomic E-state index is 2.37.